The van der Waals surface area contributed by atoms with Crippen LogP contribution in [-0.4, -0.2) is 69.5 Å². The second kappa shape index (κ2) is 10.8. The zero-order chi connectivity index (χ0) is 30.5. The number of para-hydroxylation sites is 1. The zero-order valence-electron chi connectivity index (χ0n) is 23.6. The number of aromatic hydroxyl groups is 1. The van der Waals surface area contributed by atoms with Crippen molar-refractivity contribution in [3.05, 3.63) is 82.8 Å². The minimum absolute atomic E-state index is 0.0511. The largest absolute Gasteiger partial charge is 0.507 e. The molecule has 0 aliphatic carbocycles. The van der Waals surface area contributed by atoms with E-state index in [0.29, 0.717) is 30.5 Å². The number of phenols is 1. The normalized spacial score (nSPS) is 15.7. The van der Waals surface area contributed by atoms with Gasteiger partial charge in [-0.2, -0.15) is 4.98 Å². The number of hydrogen-bond acceptors (Lipinski definition) is 7. The Morgan fingerprint density at radius 3 is 2.48 bits per heavy atom. The number of anilines is 1. The molecule has 1 aliphatic rings. The summed E-state index contributed by atoms with van der Waals surface area (Å²) in [5, 5.41) is 11.0. The van der Waals surface area contributed by atoms with Gasteiger partial charge in [-0.1, -0.05) is 24.8 Å². The number of aromatic nitrogens is 3. The number of carbonyl (C=O) groups excluding carboxylic acids is 1. The fourth-order valence-electron chi connectivity index (χ4n) is 5.42. The van der Waals surface area contributed by atoms with Crippen LogP contribution in [0.25, 0.3) is 28.0 Å². The summed E-state index contributed by atoms with van der Waals surface area (Å²) in [5.74, 6) is -2.45. The summed E-state index contributed by atoms with van der Waals surface area (Å²) in [5.41, 5.74) is -0.881. The number of amides is 1. The van der Waals surface area contributed by atoms with Crippen LogP contribution in [0.1, 0.15) is 12.5 Å². The van der Waals surface area contributed by atoms with Gasteiger partial charge < -0.3 is 19.5 Å². The Labute approximate surface area is 241 Å². The molecule has 4 aromatic rings. The van der Waals surface area contributed by atoms with E-state index in [-0.39, 0.29) is 34.5 Å². The van der Waals surface area contributed by atoms with Gasteiger partial charge >= 0.3 is 5.69 Å². The molecular formula is C30H30F2N5O4P. The number of halogens is 2. The highest BCUT2D eigenvalue weighted by molar-refractivity contribution is 7.70. The molecule has 1 amide bonds. The third kappa shape index (κ3) is 4.98. The third-order valence-corrected chi connectivity index (χ3v) is 8.96. The number of benzene rings is 2. The van der Waals surface area contributed by atoms with E-state index < -0.39 is 41.5 Å². The average Bonchev–Trinajstić information content (AvgIpc) is 2.92. The molecule has 0 saturated carbocycles. The topological polar surface area (TPSA) is 109 Å². The molecule has 1 atom stereocenters. The Kier molecular flexibility index (Phi) is 7.49. The average molecular weight is 594 g/mol. The van der Waals surface area contributed by atoms with Crippen LogP contribution in [0, 0.1) is 18.6 Å². The molecule has 0 bridgehead atoms. The minimum Gasteiger partial charge on any atom is -0.507 e. The van der Waals surface area contributed by atoms with Gasteiger partial charge in [-0.15, -0.1) is 0 Å². The van der Waals surface area contributed by atoms with Gasteiger partial charge in [0.2, 0.25) is 5.91 Å². The standard InChI is InChI=1S/C30H30F2N5O4P/c1-6-24(39)35-13-14-36(18(3)16-35)28-19-15-21(32)26(25-20(31)10-8-11-22(25)38)33-29(19)37(30(40)34-28)27-17(2)9-7-12-23(27)42(4,5)41/h6-12,15,18,38H,1,13-14,16H2,2-5H3/t18-/m0/s1. The molecule has 1 aliphatic heterocycles. The molecule has 5 rings (SSSR count). The van der Waals surface area contributed by atoms with Gasteiger partial charge in [0.25, 0.3) is 0 Å². The number of carbonyl (C=O) groups is 1. The lowest BCUT2D eigenvalue weighted by Crippen LogP contribution is -2.54. The zero-order valence-corrected chi connectivity index (χ0v) is 24.5. The summed E-state index contributed by atoms with van der Waals surface area (Å²) in [7, 11) is -2.95. The fraction of sp³-hybridized carbons (Fsp3) is 0.267. The van der Waals surface area contributed by atoms with E-state index in [1.54, 1.807) is 48.3 Å². The van der Waals surface area contributed by atoms with Gasteiger partial charge in [-0.25, -0.2) is 23.1 Å². The number of pyridine rings is 1. The lowest BCUT2D eigenvalue weighted by Gasteiger charge is -2.40. The van der Waals surface area contributed by atoms with Crippen molar-refractivity contribution in [1.82, 2.24) is 19.4 Å². The Balaban J connectivity index is 1.86. The molecule has 1 saturated heterocycles. The Bertz CT molecular complexity index is 1850. The molecule has 1 N–H and O–H groups in total. The van der Waals surface area contributed by atoms with Gasteiger partial charge in [0.05, 0.1) is 16.6 Å². The highest BCUT2D eigenvalue weighted by Gasteiger charge is 2.31. The molecule has 9 nitrogen and oxygen atoms in total. The van der Waals surface area contributed by atoms with Crippen LogP contribution in [0.5, 0.6) is 5.75 Å². The van der Waals surface area contributed by atoms with Crippen molar-refractivity contribution in [2.24, 2.45) is 0 Å². The van der Waals surface area contributed by atoms with Crippen molar-refractivity contribution in [1.29, 1.82) is 0 Å². The highest BCUT2D eigenvalue weighted by atomic mass is 31.2. The van der Waals surface area contributed by atoms with Crippen molar-refractivity contribution < 1.29 is 23.2 Å². The second-order valence-corrected chi connectivity index (χ2v) is 13.9. The van der Waals surface area contributed by atoms with E-state index in [2.05, 4.69) is 16.5 Å². The van der Waals surface area contributed by atoms with Crippen LogP contribution in [0.3, 0.4) is 0 Å². The summed E-state index contributed by atoms with van der Waals surface area (Å²) in [6, 6.07) is 9.49. The van der Waals surface area contributed by atoms with Crippen molar-refractivity contribution in [3.8, 4) is 22.7 Å². The van der Waals surface area contributed by atoms with Crippen molar-refractivity contribution in [2.75, 3.05) is 37.9 Å². The molecular weight excluding hydrogens is 563 g/mol. The van der Waals surface area contributed by atoms with Gasteiger partial charge in [0, 0.05) is 31.0 Å². The van der Waals surface area contributed by atoms with Gasteiger partial charge in [-0.05, 0) is 63.1 Å². The van der Waals surface area contributed by atoms with E-state index >= 15 is 4.39 Å². The van der Waals surface area contributed by atoms with E-state index in [1.165, 1.54) is 22.8 Å². The van der Waals surface area contributed by atoms with Crippen LogP contribution < -0.4 is 15.9 Å². The van der Waals surface area contributed by atoms with E-state index in [0.717, 1.165) is 12.1 Å². The maximum absolute atomic E-state index is 15.8. The minimum atomic E-state index is -2.95. The SMILES string of the molecule is C=CC(=O)N1CCN(c2nc(=O)n(-c3c(C)cccc3P(C)(C)=O)c3nc(-c4c(O)cccc4F)c(F)cc23)[C@@H](C)C1. The highest BCUT2D eigenvalue weighted by Crippen LogP contribution is 2.40. The predicted octanol–water partition coefficient (Wildman–Crippen LogP) is 4.21. The number of hydrogen-bond donors (Lipinski definition) is 1. The molecule has 3 heterocycles. The molecule has 2 aromatic carbocycles. The number of phenolic OH excluding ortho intramolecular Hbond substituents is 1. The van der Waals surface area contributed by atoms with Crippen LogP contribution >= 0.6 is 7.14 Å². The smallest absolute Gasteiger partial charge is 0.355 e. The summed E-state index contributed by atoms with van der Waals surface area (Å²) in [6.07, 6.45) is 1.23. The first-order chi connectivity index (χ1) is 19.8. The Hall–Kier alpha value is -4.37. The van der Waals surface area contributed by atoms with Crippen LogP contribution in [-0.2, 0) is 9.36 Å². The number of nitrogens with zero attached hydrogens (tertiary/aromatic N) is 5. The monoisotopic (exact) mass is 593 g/mol. The number of aryl methyl sites for hydroxylation is 1. The molecule has 1 fully saturated rings. The molecule has 0 spiro atoms. The first-order valence-electron chi connectivity index (χ1n) is 13.3. The van der Waals surface area contributed by atoms with Crippen LogP contribution in [0.4, 0.5) is 14.6 Å². The quantitative estimate of drug-likeness (QED) is 0.273. The lowest BCUT2D eigenvalue weighted by molar-refractivity contribution is -0.126. The van der Waals surface area contributed by atoms with E-state index in [4.69, 9.17) is 0 Å². The second-order valence-electron chi connectivity index (χ2n) is 10.7. The summed E-state index contributed by atoms with van der Waals surface area (Å²) < 4.78 is 45.3. The van der Waals surface area contributed by atoms with E-state index in [9.17, 15) is 23.7 Å². The van der Waals surface area contributed by atoms with Gasteiger partial charge in [0.1, 0.15) is 30.2 Å². The number of fused-ring (bicyclic) bond motifs is 1. The van der Waals surface area contributed by atoms with Gasteiger partial charge in [0.15, 0.2) is 11.5 Å². The maximum Gasteiger partial charge on any atom is 0.355 e. The molecule has 12 heteroatoms. The summed E-state index contributed by atoms with van der Waals surface area (Å²) >= 11 is 0. The first kappa shape index (κ1) is 29.1. The van der Waals surface area contributed by atoms with Crippen LogP contribution in [0.15, 0.2) is 59.9 Å². The lowest BCUT2D eigenvalue weighted by atomic mass is 10.1. The molecule has 42 heavy (non-hydrogen) atoms. The van der Waals surface area contributed by atoms with Crippen molar-refractivity contribution in [3.63, 3.8) is 0 Å². The van der Waals surface area contributed by atoms with Crippen LogP contribution in [0.2, 0.25) is 0 Å². The fourth-order valence-corrected chi connectivity index (χ4v) is 6.65. The Morgan fingerprint density at radius 1 is 1.12 bits per heavy atom. The number of piperazine rings is 1. The first-order valence-corrected chi connectivity index (χ1v) is 15.9. The number of rotatable bonds is 5. The predicted molar refractivity (Wildman–Crippen MR) is 160 cm³/mol. The molecule has 2 aromatic heterocycles. The van der Waals surface area contributed by atoms with Crippen molar-refractivity contribution >= 4 is 35.2 Å². The maximum atomic E-state index is 15.8. The summed E-state index contributed by atoms with van der Waals surface area (Å²) in [4.78, 5) is 38.4. The molecule has 0 radical (unpaired) electrons. The third-order valence-electron chi connectivity index (χ3n) is 7.44. The van der Waals surface area contributed by atoms with Crippen molar-refractivity contribution in [2.45, 2.75) is 19.9 Å². The Morgan fingerprint density at radius 2 is 1.83 bits per heavy atom. The van der Waals surface area contributed by atoms with Gasteiger partial charge in [-0.3, -0.25) is 4.79 Å². The molecule has 218 valence electrons. The van der Waals surface area contributed by atoms with E-state index in [1.807, 2.05) is 6.92 Å². The molecule has 0 unspecified atom stereocenters. The summed E-state index contributed by atoms with van der Waals surface area (Å²) in [6.45, 7) is 11.2.